The lowest BCUT2D eigenvalue weighted by atomic mass is 9.91. The molecule has 1 saturated carbocycles. The first-order chi connectivity index (χ1) is 10.1. The Bertz CT molecular complexity index is 504. The summed E-state index contributed by atoms with van der Waals surface area (Å²) in [5.41, 5.74) is 6.82. The fourth-order valence-corrected chi connectivity index (χ4v) is 2.91. The first kappa shape index (κ1) is 15.6. The molecule has 0 heterocycles. The van der Waals surface area contributed by atoms with E-state index in [2.05, 4.69) is 0 Å². The van der Waals surface area contributed by atoms with Gasteiger partial charge in [-0.05, 0) is 31.9 Å². The maximum absolute atomic E-state index is 12.7. The van der Waals surface area contributed by atoms with E-state index in [9.17, 15) is 9.90 Å². The molecule has 0 radical (unpaired) electrons. The number of anilines is 1. The van der Waals surface area contributed by atoms with Crippen LogP contribution in [0.1, 0.15) is 43.0 Å². The number of rotatable bonds is 4. The molecule has 1 aromatic carbocycles. The van der Waals surface area contributed by atoms with Gasteiger partial charge in [0.15, 0.2) is 5.75 Å². The molecule has 1 amide bonds. The van der Waals surface area contributed by atoms with E-state index in [0.717, 1.165) is 25.7 Å². The van der Waals surface area contributed by atoms with E-state index in [0.29, 0.717) is 23.6 Å². The number of aliphatic hydroxyl groups excluding tert-OH is 1. The Balaban J connectivity index is 2.24. The third-order valence-corrected chi connectivity index (χ3v) is 4.08. The van der Waals surface area contributed by atoms with Crippen molar-refractivity contribution in [3.8, 4) is 5.75 Å². The van der Waals surface area contributed by atoms with E-state index < -0.39 is 6.10 Å². The standard InChI is InChI=1S/C16H24N2O3/c1-3-21-15-11(7-6-8-12(15)17)16(20)18(2)13-9-4-5-10-14(13)19/h6-8,13-14,19H,3-5,9-10,17H2,1-2H3. The quantitative estimate of drug-likeness (QED) is 0.833. The first-order valence-corrected chi connectivity index (χ1v) is 7.52. The Labute approximate surface area is 125 Å². The van der Waals surface area contributed by atoms with E-state index in [1.807, 2.05) is 6.92 Å². The Morgan fingerprint density at radius 3 is 2.81 bits per heavy atom. The maximum atomic E-state index is 12.7. The molecule has 2 unspecified atom stereocenters. The van der Waals surface area contributed by atoms with Gasteiger partial charge in [0.2, 0.25) is 0 Å². The van der Waals surface area contributed by atoms with Gasteiger partial charge in [-0.15, -0.1) is 0 Å². The van der Waals surface area contributed by atoms with Crippen LogP contribution < -0.4 is 10.5 Å². The number of nitrogens with two attached hydrogens (primary N) is 1. The molecule has 2 rings (SSSR count). The molecule has 0 saturated heterocycles. The maximum Gasteiger partial charge on any atom is 0.257 e. The van der Waals surface area contributed by atoms with Gasteiger partial charge in [-0.1, -0.05) is 18.9 Å². The van der Waals surface area contributed by atoms with E-state index in [-0.39, 0.29) is 11.9 Å². The molecule has 0 aliphatic heterocycles. The second kappa shape index (κ2) is 6.80. The van der Waals surface area contributed by atoms with Crippen molar-refractivity contribution >= 4 is 11.6 Å². The Morgan fingerprint density at radius 2 is 2.14 bits per heavy atom. The molecular weight excluding hydrogens is 268 g/mol. The molecule has 1 aliphatic carbocycles. The molecule has 5 nitrogen and oxygen atoms in total. The van der Waals surface area contributed by atoms with Crippen LogP contribution in [0.5, 0.6) is 5.75 Å². The Kier molecular flexibility index (Phi) is 5.07. The summed E-state index contributed by atoms with van der Waals surface area (Å²) in [6, 6.07) is 5.05. The third-order valence-electron chi connectivity index (χ3n) is 4.08. The lowest BCUT2D eigenvalue weighted by Crippen LogP contribution is -2.46. The monoisotopic (exact) mass is 292 g/mol. The summed E-state index contributed by atoms with van der Waals surface area (Å²) < 4.78 is 5.52. The van der Waals surface area contributed by atoms with Crippen molar-refractivity contribution in [3.63, 3.8) is 0 Å². The van der Waals surface area contributed by atoms with Gasteiger partial charge in [-0.25, -0.2) is 0 Å². The molecular formula is C16H24N2O3. The van der Waals surface area contributed by atoms with Gasteiger partial charge in [-0.2, -0.15) is 0 Å². The second-order valence-electron chi connectivity index (χ2n) is 5.49. The number of likely N-dealkylation sites (N-methyl/N-ethyl adjacent to an activating group) is 1. The minimum Gasteiger partial charge on any atom is -0.491 e. The van der Waals surface area contributed by atoms with Gasteiger partial charge in [0.25, 0.3) is 5.91 Å². The molecule has 0 spiro atoms. The van der Waals surface area contributed by atoms with Gasteiger partial charge in [0.1, 0.15) is 0 Å². The lowest BCUT2D eigenvalue weighted by molar-refractivity contribution is 0.0266. The molecule has 1 aromatic rings. The summed E-state index contributed by atoms with van der Waals surface area (Å²) in [5.74, 6) is 0.277. The number of aliphatic hydroxyl groups is 1. The van der Waals surface area contributed by atoms with Crippen LogP contribution >= 0.6 is 0 Å². The average Bonchev–Trinajstić information content (AvgIpc) is 2.48. The highest BCUT2D eigenvalue weighted by Gasteiger charge is 2.31. The molecule has 5 heteroatoms. The minimum absolute atomic E-state index is 0.137. The van der Waals surface area contributed by atoms with Crippen LogP contribution in [0.3, 0.4) is 0 Å². The predicted molar refractivity (Wildman–Crippen MR) is 82.4 cm³/mol. The van der Waals surface area contributed by atoms with Crippen LogP contribution in [0, 0.1) is 0 Å². The number of benzene rings is 1. The molecule has 0 bridgehead atoms. The summed E-state index contributed by atoms with van der Waals surface area (Å²) >= 11 is 0. The van der Waals surface area contributed by atoms with Crippen molar-refractivity contribution in [2.45, 2.75) is 44.8 Å². The number of carbonyl (C=O) groups excluding carboxylic acids is 1. The van der Waals surface area contributed by atoms with Crippen LogP contribution in [-0.4, -0.2) is 41.7 Å². The number of nitrogens with zero attached hydrogens (tertiary/aromatic N) is 1. The van der Waals surface area contributed by atoms with Crippen LogP contribution in [0.4, 0.5) is 5.69 Å². The van der Waals surface area contributed by atoms with E-state index in [1.165, 1.54) is 0 Å². The summed E-state index contributed by atoms with van der Waals surface area (Å²) in [5, 5.41) is 10.1. The van der Waals surface area contributed by atoms with Crippen molar-refractivity contribution in [2.24, 2.45) is 0 Å². The summed E-state index contributed by atoms with van der Waals surface area (Å²) in [6.07, 6.45) is 3.17. The first-order valence-electron chi connectivity index (χ1n) is 7.52. The van der Waals surface area contributed by atoms with Gasteiger partial charge < -0.3 is 20.5 Å². The highest BCUT2D eigenvalue weighted by Crippen LogP contribution is 2.29. The van der Waals surface area contributed by atoms with Crippen molar-refractivity contribution in [1.29, 1.82) is 0 Å². The van der Waals surface area contributed by atoms with Gasteiger partial charge >= 0.3 is 0 Å². The number of amides is 1. The number of nitrogen functional groups attached to an aromatic ring is 1. The molecule has 21 heavy (non-hydrogen) atoms. The SMILES string of the molecule is CCOc1c(N)cccc1C(=O)N(C)C1CCCCC1O. The highest BCUT2D eigenvalue weighted by atomic mass is 16.5. The van der Waals surface area contributed by atoms with Crippen molar-refractivity contribution < 1.29 is 14.6 Å². The molecule has 1 fully saturated rings. The summed E-state index contributed by atoms with van der Waals surface area (Å²) in [4.78, 5) is 14.3. The van der Waals surface area contributed by atoms with Gasteiger partial charge in [-0.3, -0.25) is 4.79 Å². The summed E-state index contributed by atoms with van der Waals surface area (Å²) in [7, 11) is 1.74. The molecule has 1 aliphatic rings. The zero-order chi connectivity index (χ0) is 15.4. The smallest absolute Gasteiger partial charge is 0.257 e. The molecule has 3 N–H and O–H groups in total. The van der Waals surface area contributed by atoms with Crippen LogP contribution in [-0.2, 0) is 0 Å². The fourth-order valence-electron chi connectivity index (χ4n) is 2.91. The number of ether oxygens (including phenoxy) is 1. The molecule has 0 aromatic heterocycles. The highest BCUT2D eigenvalue weighted by molar-refractivity contribution is 5.98. The van der Waals surface area contributed by atoms with E-state index >= 15 is 0 Å². The minimum atomic E-state index is -0.454. The van der Waals surface area contributed by atoms with E-state index in [1.54, 1.807) is 30.1 Å². The van der Waals surface area contributed by atoms with Crippen molar-refractivity contribution in [2.75, 3.05) is 19.4 Å². The molecule has 116 valence electrons. The number of hydrogen-bond donors (Lipinski definition) is 2. The fraction of sp³-hybridized carbons (Fsp3) is 0.562. The van der Waals surface area contributed by atoms with E-state index in [4.69, 9.17) is 10.5 Å². The zero-order valence-corrected chi connectivity index (χ0v) is 12.7. The largest absolute Gasteiger partial charge is 0.491 e. The number of hydrogen-bond acceptors (Lipinski definition) is 4. The molecule has 2 atom stereocenters. The van der Waals surface area contributed by atoms with Crippen LogP contribution in [0.25, 0.3) is 0 Å². The Morgan fingerprint density at radius 1 is 1.43 bits per heavy atom. The summed E-state index contributed by atoms with van der Waals surface area (Å²) in [6.45, 7) is 2.31. The van der Waals surface area contributed by atoms with Gasteiger partial charge in [0.05, 0.1) is 30.0 Å². The lowest BCUT2D eigenvalue weighted by Gasteiger charge is -2.35. The zero-order valence-electron chi connectivity index (χ0n) is 12.7. The van der Waals surface area contributed by atoms with Crippen molar-refractivity contribution in [1.82, 2.24) is 4.90 Å². The second-order valence-corrected chi connectivity index (χ2v) is 5.49. The normalized spacial score (nSPS) is 21.9. The number of para-hydroxylation sites is 1. The van der Waals surface area contributed by atoms with Crippen molar-refractivity contribution in [3.05, 3.63) is 23.8 Å². The average molecular weight is 292 g/mol. The Hall–Kier alpha value is -1.75. The van der Waals surface area contributed by atoms with Gasteiger partial charge in [0, 0.05) is 7.05 Å². The third kappa shape index (κ3) is 3.29. The van der Waals surface area contributed by atoms with Crippen LogP contribution in [0.2, 0.25) is 0 Å². The number of carbonyl (C=O) groups is 1. The predicted octanol–water partition coefficient (Wildman–Crippen LogP) is 2.04. The van der Waals surface area contributed by atoms with Crippen LogP contribution in [0.15, 0.2) is 18.2 Å². The topological polar surface area (TPSA) is 75.8 Å².